The Balaban J connectivity index is 0.796. The Labute approximate surface area is 581 Å². The molecule has 0 N–H and O–H groups in total. The standard InChI is InChI=1S/C86H82O6S4/c1-11-81(12-2)39-43-83(44-40-81)63-21-17-15-19-55(63)73-59-47-65-69(95-79(5,6)89-65)49-61(59)77-57(75(73)83)35-37-85(91-77,51-23-27-53(87-9)28-24-51)71-33-31-67(93-71)68-32-34-72(94-68)86(52-25-29-54(88-10)30-26-52)38-36-58-76-74(60-48-66-70(96-80(7,8)90-66)50-62(60)78(58)92-86)56-20-16-18-22-64(56)84(76)45-41-82(13-3,14-4)42-46-84/h15-38,47-50H,11-14,39-46H2,1-10H3. The molecule has 4 aliphatic carbocycles. The van der Waals surface area contributed by atoms with Crippen molar-refractivity contribution in [2.24, 2.45) is 10.8 Å². The number of methoxy groups -OCH3 is 2. The molecule has 2 atom stereocenters. The molecular weight excluding hydrogens is 1260 g/mol. The van der Waals surface area contributed by atoms with Gasteiger partial charge in [-0.15, -0.1) is 22.7 Å². The quantitative estimate of drug-likeness (QED) is 0.127. The molecule has 0 bridgehead atoms. The van der Waals surface area contributed by atoms with Gasteiger partial charge in [0.15, 0.2) is 21.1 Å². The van der Waals surface area contributed by atoms with Gasteiger partial charge in [0.2, 0.25) is 0 Å². The van der Waals surface area contributed by atoms with Crippen molar-refractivity contribution in [3.8, 4) is 66.5 Å². The second kappa shape index (κ2) is 21.6. The number of rotatable bonds is 11. The number of thiophene rings is 2. The van der Waals surface area contributed by atoms with Crippen molar-refractivity contribution in [3.05, 3.63) is 212 Å². The Morgan fingerprint density at radius 2 is 0.802 bits per heavy atom. The highest BCUT2D eigenvalue weighted by atomic mass is 32.2. The lowest BCUT2D eigenvalue weighted by Crippen LogP contribution is -2.38. The molecule has 0 amide bonds. The maximum atomic E-state index is 8.18. The molecule has 486 valence electrons. The number of hydrogen-bond donors (Lipinski definition) is 0. The molecular formula is C86H82O6S4. The molecule has 8 aliphatic rings. The third-order valence-corrected chi connectivity index (χ3v) is 29.4. The van der Waals surface area contributed by atoms with Crippen LogP contribution in [0.2, 0.25) is 0 Å². The Morgan fingerprint density at radius 3 is 1.18 bits per heavy atom. The molecule has 4 aliphatic heterocycles. The molecule has 10 aromatic rings. The fourth-order valence-electron chi connectivity index (χ4n) is 19.0. The first kappa shape index (κ1) is 61.0. The van der Waals surface area contributed by atoms with E-state index in [1.165, 1.54) is 118 Å². The molecule has 18 rings (SSSR count). The van der Waals surface area contributed by atoms with Crippen LogP contribution in [0.15, 0.2) is 168 Å². The van der Waals surface area contributed by atoms with Crippen molar-refractivity contribution in [1.29, 1.82) is 0 Å². The summed E-state index contributed by atoms with van der Waals surface area (Å²) < 4.78 is 41.7. The number of thioether (sulfide) groups is 2. The van der Waals surface area contributed by atoms with Gasteiger partial charge in [0, 0.05) is 53.6 Å². The van der Waals surface area contributed by atoms with E-state index in [1.54, 1.807) is 37.7 Å². The van der Waals surface area contributed by atoms with Crippen LogP contribution in [0.25, 0.3) is 65.7 Å². The first-order chi connectivity index (χ1) is 46.5. The monoisotopic (exact) mass is 1340 g/mol. The number of hydrogen-bond acceptors (Lipinski definition) is 10. The topological polar surface area (TPSA) is 55.4 Å². The van der Waals surface area contributed by atoms with Crippen LogP contribution in [0.4, 0.5) is 0 Å². The predicted octanol–water partition coefficient (Wildman–Crippen LogP) is 24.2. The van der Waals surface area contributed by atoms with Gasteiger partial charge >= 0.3 is 0 Å². The summed E-state index contributed by atoms with van der Waals surface area (Å²) >= 11 is 7.21. The summed E-state index contributed by atoms with van der Waals surface area (Å²) in [5.41, 5.74) is 14.0. The van der Waals surface area contributed by atoms with Crippen LogP contribution < -0.4 is 28.4 Å². The average molecular weight is 1340 g/mol. The summed E-state index contributed by atoms with van der Waals surface area (Å²) in [5, 5.41) is 4.64. The highest BCUT2D eigenvalue weighted by molar-refractivity contribution is 8.01. The van der Waals surface area contributed by atoms with Gasteiger partial charge in [0.05, 0.1) is 33.8 Å². The summed E-state index contributed by atoms with van der Waals surface area (Å²) in [7, 11) is 3.48. The minimum Gasteiger partial charge on any atom is -0.497 e. The number of ether oxygens (including phenoxy) is 6. The van der Waals surface area contributed by atoms with Crippen LogP contribution >= 0.6 is 46.2 Å². The normalized spacial score (nSPS) is 22.2. The molecule has 0 saturated heterocycles. The molecule has 2 unspecified atom stereocenters. The van der Waals surface area contributed by atoms with E-state index in [4.69, 9.17) is 28.4 Å². The molecule has 96 heavy (non-hydrogen) atoms. The van der Waals surface area contributed by atoms with Gasteiger partial charge in [-0.05, 0) is 230 Å². The summed E-state index contributed by atoms with van der Waals surface area (Å²) in [6, 6.07) is 54.5. The summed E-state index contributed by atoms with van der Waals surface area (Å²) in [6.45, 7) is 18.4. The molecule has 0 radical (unpaired) electrons. The highest BCUT2D eigenvalue weighted by Gasteiger charge is 2.55. The minimum absolute atomic E-state index is 0.159. The molecule has 8 aromatic carbocycles. The first-order valence-electron chi connectivity index (χ1n) is 35.1. The molecule has 2 fully saturated rings. The van der Waals surface area contributed by atoms with Gasteiger partial charge < -0.3 is 28.4 Å². The molecule has 2 aromatic heterocycles. The lowest BCUT2D eigenvalue weighted by molar-refractivity contribution is 0.132. The predicted molar refractivity (Wildman–Crippen MR) is 399 cm³/mol. The van der Waals surface area contributed by atoms with Crippen LogP contribution in [0.1, 0.15) is 187 Å². The molecule has 6 heterocycles. The van der Waals surface area contributed by atoms with E-state index in [0.29, 0.717) is 10.8 Å². The van der Waals surface area contributed by atoms with E-state index in [1.807, 2.05) is 22.7 Å². The van der Waals surface area contributed by atoms with Crippen LogP contribution in [0.5, 0.6) is 34.5 Å². The summed E-state index contributed by atoms with van der Waals surface area (Å²) in [5.74, 6) is 5.38. The van der Waals surface area contributed by atoms with Crippen LogP contribution in [-0.2, 0) is 22.0 Å². The second-order valence-corrected chi connectivity index (χ2v) is 35.1. The average Bonchev–Trinajstić information content (AvgIpc) is 1.49. The summed E-state index contributed by atoms with van der Waals surface area (Å²) in [6.07, 6.45) is 23.7. The summed E-state index contributed by atoms with van der Waals surface area (Å²) in [4.78, 5) is 5.99. The van der Waals surface area contributed by atoms with Gasteiger partial charge in [0.25, 0.3) is 0 Å². The van der Waals surface area contributed by atoms with Crippen LogP contribution in [-0.4, -0.2) is 24.1 Å². The van der Waals surface area contributed by atoms with Crippen molar-refractivity contribution in [2.75, 3.05) is 14.2 Å². The largest absolute Gasteiger partial charge is 0.497 e. The molecule has 2 spiro atoms. The zero-order valence-corrected chi connectivity index (χ0v) is 60.0. The van der Waals surface area contributed by atoms with Gasteiger partial charge in [-0.3, -0.25) is 0 Å². The van der Waals surface area contributed by atoms with Gasteiger partial charge in [0.1, 0.15) is 34.5 Å². The first-order valence-corrected chi connectivity index (χ1v) is 38.3. The van der Waals surface area contributed by atoms with Gasteiger partial charge in [-0.2, -0.15) is 0 Å². The highest BCUT2D eigenvalue weighted by Crippen LogP contribution is 2.69. The lowest BCUT2D eigenvalue weighted by Gasteiger charge is -2.46. The van der Waals surface area contributed by atoms with Crippen molar-refractivity contribution in [1.82, 2.24) is 0 Å². The SMILES string of the molecule is CCC1(CC)CCC2(CC1)c1ccccc1-c1c2c2c(c3cc4c(cc13)OC(C)(C)S4)OC(c1ccc(OC)cc1)(c1ccc(-c3ccc(C4(c5ccc(OC)cc5)C=Cc5c6c(c7cc8c(cc7c5O4)SC(C)(C)O8)-c4ccccc4C64CCC(CC)(CC)CC4)s3)s1)C=C2. The van der Waals surface area contributed by atoms with Gasteiger partial charge in [-0.1, -0.05) is 162 Å². The van der Waals surface area contributed by atoms with Crippen molar-refractivity contribution in [3.63, 3.8) is 0 Å². The molecule has 6 nitrogen and oxygen atoms in total. The smallest absolute Gasteiger partial charge is 0.187 e. The second-order valence-electron chi connectivity index (χ2n) is 29.7. The Bertz CT molecular complexity index is 4620. The van der Waals surface area contributed by atoms with E-state index < -0.39 is 21.1 Å². The van der Waals surface area contributed by atoms with Crippen molar-refractivity contribution < 1.29 is 28.4 Å². The fourth-order valence-corrected chi connectivity index (χ4v) is 23.5. The van der Waals surface area contributed by atoms with E-state index in [0.717, 1.165) is 111 Å². The Hall–Kier alpha value is -7.34. The lowest BCUT2D eigenvalue weighted by atomic mass is 9.58. The number of fused-ring (bicyclic) bond motifs is 22. The van der Waals surface area contributed by atoms with E-state index in [9.17, 15) is 0 Å². The third kappa shape index (κ3) is 8.68. The zero-order chi connectivity index (χ0) is 65.5. The fraction of sp³-hybridized carbons (Fsp3) is 0.349. The van der Waals surface area contributed by atoms with Crippen LogP contribution in [0.3, 0.4) is 0 Å². The Kier molecular flexibility index (Phi) is 13.7. The third-order valence-electron chi connectivity index (χ3n) is 24.6. The van der Waals surface area contributed by atoms with Crippen LogP contribution in [0, 0.1) is 10.8 Å². The van der Waals surface area contributed by atoms with E-state index in [2.05, 4.69) is 225 Å². The maximum absolute atomic E-state index is 8.18. The zero-order valence-electron chi connectivity index (χ0n) is 56.7. The maximum Gasteiger partial charge on any atom is 0.187 e. The molecule has 10 heteroatoms. The van der Waals surface area contributed by atoms with Crippen molar-refractivity contribution in [2.45, 2.75) is 174 Å². The minimum atomic E-state index is -0.997. The Morgan fingerprint density at radius 1 is 0.417 bits per heavy atom. The van der Waals surface area contributed by atoms with Gasteiger partial charge in [-0.25, -0.2) is 0 Å². The molecule has 2 saturated carbocycles. The number of benzene rings is 8. The van der Waals surface area contributed by atoms with E-state index >= 15 is 0 Å². The van der Waals surface area contributed by atoms with Crippen molar-refractivity contribution >= 4 is 79.9 Å². The van der Waals surface area contributed by atoms with E-state index in [-0.39, 0.29) is 10.8 Å².